The number of carbonyl (C=O) groups is 2. The van der Waals surface area contributed by atoms with Crippen LogP contribution in [0.5, 0.6) is 5.75 Å². The molecule has 1 amide bonds. The molecule has 0 saturated heterocycles. The third kappa shape index (κ3) is 6.76. The molecule has 0 aliphatic carbocycles. The van der Waals surface area contributed by atoms with E-state index in [4.69, 9.17) is 4.74 Å². The molecule has 0 fully saturated rings. The predicted molar refractivity (Wildman–Crippen MR) is 77.3 cm³/mol. The van der Waals surface area contributed by atoms with Crippen LogP contribution in [0.1, 0.15) is 32.4 Å². The molecule has 24 heavy (non-hydrogen) atoms. The van der Waals surface area contributed by atoms with Crippen molar-refractivity contribution < 1.29 is 37.0 Å². The first-order valence-electron chi connectivity index (χ1n) is 6.84. The van der Waals surface area contributed by atoms with Gasteiger partial charge >= 0.3 is 18.4 Å². The van der Waals surface area contributed by atoms with Crippen LogP contribution in [0, 0.1) is 0 Å². The van der Waals surface area contributed by atoms with Crippen molar-refractivity contribution in [2.24, 2.45) is 0 Å². The van der Waals surface area contributed by atoms with Crippen LogP contribution >= 0.6 is 0 Å². The molecule has 0 radical (unpaired) electrons. The number of rotatable bonds is 4. The number of alkyl carbamates (subject to hydrolysis) is 1. The molecule has 134 valence electrons. The standard InChI is InChI=1S/C15H18F3NO5/c1-14(2,3)24-13(21)19-11(12(20)22-4)9-5-7-10(8-6-9)23-15(16,17)18/h5-8,11H,1-4H3,(H,19,21). The molecule has 1 aromatic carbocycles. The van der Waals surface area contributed by atoms with Gasteiger partial charge in [-0.05, 0) is 38.5 Å². The fourth-order valence-corrected chi connectivity index (χ4v) is 1.68. The maximum atomic E-state index is 12.1. The SMILES string of the molecule is COC(=O)C(NC(=O)OC(C)(C)C)c1ccc(OC(F)(F)F)cc1. The molecule has 0 saturated carbocycles. The van der Waals surface area contributed by atoms with E-state index in [2.05, 4.69) is 14.8 Å². The van der Waals surface area contributed by atoms with E-state index in [9.17, 15) is 22.8 Å². The van der Waals surface area contributed by atoms with E-state index in [-0.39, 0.29) is 5.56 Å². The van der Waals surface area contributed by atoms with Gasteiger partial charge in [-0.1, -0.05) is 12.1 Å². The number of esters is 1. The Kier molecular flexibility index (Phi) is 6.05. The molecule has 0 aromatic heterocycles. The van der Waals surface area contributed by atoms with Crippen molar-refractivity contribution >= 4 is 12.1 Å². The van der Waals surface area contributed by atoms with Crippen LogP contribution in [-0.2, 0) is 14.3 Å². The number of benzene rings is 1. The summed E-state index contributed by atoms with van der Waals surface area (Å²) in [7, 11) is 1.12. The Morgan fingerprint density at radius 1 is 1.08 bits per heavy atom. The van der Waals surface area contributed by atoms with Crippen LogP contribution in [-0.4, -0.2) is 31.1 Å². The summed E-state index contributed by atoms with van der Waals surface area (Å²) in [5, 5.41) is 2.31. The Bertz CT molecular complexity index is 578. The van der Waals surface area contributed by atoms with Crippen molar-refractivity contribution in [1.82, 2.24) is 5.32 Å². The highest BCUT2D eigenvalue weighted by Crippen LogP contribution is 2.25. The number of hydrogen-bond donors (Lipinski definition) is 1. The number of alkyl halides is 3. The number of hydrogen-bond acceptors (Lipinski definition) is 5. The van der Waals surface area contributed by atoms with Crippen molar-refractivity contribution in [2.75, 3.05) is 7.11 Å². The molecule has 0 heterocycles. The van der Waals surface area contributed by atoms with Gasteiger partial charge in [0, 0.05) is 0 Å². The highest BCUT2D eigenvalue weighted by Gasteiger charge is 2.31. The smallest absolute Gasteiger partial charge is 0.467 e. The van der Waals surface area contributed by atoms with E-state index < -0.39 is 35.8 Å². The predicted octanol–water partition coefficient (Wildman–Crippen LogP) is 3.32. The van der Waals surface area contributed by atoms with Gasteiger partial charge in [-0.2, -0.15) is 0 Å². The molecule has 9 heteroatoms. The highest BCUT2D eigenvalue weighted by atomic mass is 19.4. The Labute approximate surface area is 136 Å². The maximum Gasteiger partial charge on any atom is 0.573 e. The second kappa shape index (κ2) is 7.41. The fourth-order valence-electron chi connectivity index (χ4n) is 1.68. The fraction of sp³-hybridized carbons (Fsp3) is 0.467. The summed E-state index contributed by atoms with van der Waals surface area (Å²) in [6.45, 7) is 4.93. The normalized spacial score (nSPS) is 13.0. The van der Waals surface area contributed by atoms with Gasteiger partial charge in [0.25, 0.3) is 0 Å². The average molecular weight is 349 g/mol. The van der Waals surface area contributed by atoms with Crippen molar-refractivity contribution in [1.29, 1.82) is 0 Å². The Morgan fingerprint density at radius 3 is 2.04 bits per heavy atom. The summed E-state index contributed by atoms with van der Waals surface area (Å²) in [5.74, 6) is -1.25. The van der Waals surface area contributed by atoms with Gasteiger partial charge in [0.15, 0.2) is 6.04 Å². The average Bonchev–Trinajstić information content (AvgIpc) is 2.41. The second-order valence-electron chi connectivity index (χ2n) is 5.72. The van der Waals surface area contributed by atoms with Gasteiger partial charge in [0.1, 0.15) is 11.4 Å². The number of carbonyl (C=O) groups excluding carboxylic acids is 2. The van der Waals surface area contributed by atoms with Crippen LogP contribution in [0.4, 0.5) is 18.0 Å². The topological polar surface area (TPSA) is 73.9 Å². The first-order valence-corrected chi connectivity index (χ1v) is 6.84. The van der Waals surface area contributed by atoms with Gasteiger partial charge in [0.2, 0.25) is 0 Å². The molecular formula is C15H18F3NO5. The minimum atomic E-state index is -4.82. The van der Waals surface area contributed by atoms with Crippen LogP contribution in [0.2, 0.25) is 0 Å². The number of amides is 1. The molecule has 1 atom stereocenters. The largest absolute Gasteiger partial charge is 0.573 e. The summed E-state index contributed by atoms with van der Waals surface area (Å²) < 4.78 is 49.8. The first kappa shape index (κ1) is 19.6. The van der Waals surface area contributed by atoms with E-state index in [1.54, 1.807) is 20.8 Å². The zero-order valence-electron chi connectivity index (χ0n) is 13.6. The highest BCUT2D eigenvalue weighted by molar-refractivity contribution is 5.82. The van der Waals surface area contributed by atoms with Gasteiger partial charge in [0.05, 0.1) is 7.11 Å². The summed E-state index contributed by atoms with van der Waals surface area (Å²) in [6.07, 6.45) is -5.69. The Morgan fingerprint density at radius 2 is 1.62 bits per heavy atom. The van der Waals surface area contributed by atoms with Crippen LogP contribution in [0.15, 0.2) is 24.3 Å². The molecule has 0 spiro atoms. The van der Waals surface area contributed by atoms with E-state index in [1.807, 2.05) is 0 Å². The van der Waals surface area contributed by atoms with Crippen LogP contribution in [0.25, 0.3) is 0 Å². The molecular weight excluding hydrogens is 331 g/mol. The summed E-state index contributed by atoms with van der Waals surface area (Å²) in [6, 6.07) is 3.23. The monoisotopic (exact) mass is 349 g/mol. The zero-order valence-corrected chi connectivity index (χ0v) is 13.6. The second-order valence-corrected chi connectivity index (χ2v) is 5.72. The lowest BCUT2D eigenvalue weighted by Gasteiger charge is -2.23. The lowest BCUT2D eigenvalue weighted by atomic mass is 10.1. The third-order valence-electron chi connectivity index (χ3n) is 2.54. The zero-order chi connectivity index (χ0) is 18.5. The molecule has 1 N–H and O–H groups in total. The minimum absolute atomic E-state index is 0.210. The lowest BCUT2D eigenvalue weighted by molar-refractivity contribution is -0.274. The number of methoxy groups -OCH3 is 1. The van der Waals surface area contributed by atoms with E-state index >= 15 is 0 Å². The van der Waals surface area contributed by atoms with Crippen molar-refractivity contribution in [3.8, 4) is 5.75 Å². The number of ether oxygens (including phenoxy) is 3. The molecule has 0 aliphatic rings. The first-order chi connectivity index (χ1) is 10.9. The van der Waals surface area contributed by atoms with Crippen molar-refractivity contribution in [3.05, 3.63) is 29.8 Å². The van der Waals surface area contributed by atoms with Gasteiger partial charge in [-0.3, -0.25) is 0 Å². The van der Waals surface area contributed by atoms with Crippen LogP contribution in [0.3, 0.4) is 0 Å². The number of nitrogens with one attached hydrogen (secondary N) is 1. The van der Waals surface area contributed by atoms with Crippen LogP contribution < -0.4 is 10.1 Å². The summed E-state index contributed by atoms with van der Waals surface area (Å²) in [5.41, 5.74) is -0.572. The van der Waals surface area contributed by atoms with E-state index in [1.165, 1.54) is 12.1 Å². The Balaban J connectivity index is 2.93. The van der Waals surface area contributed by atoms with Gasteiger partial charge < -0.3 is 19.5 Å². The maximum absolute atomic E-state index is 12.1. The molecule has 0 bridgehead atoms. The van der Waals surface area contributed by atoms with Crippen molar-refractivity contribution in [2.45, 2.75) is 38.8 Å². The summed E-state index contributed by atoms with van der Waals surface area (Å²) >= 11 is 0. The molecule has 1 rings (SSSR count). The van der Waals surface area contributed by atoms with Crippen molar-refractivity contribution in [3.63, 3.8) is 0 Å². The van der Waals surface area contributed by atoms with E-state index in [0.29, 0.717) is 0 Å². The quantitative estimate of drug-likeness (QED) is 0.844. The van der Waals surface area contributed by atoms with Gasteiger partial charge in [-0.25, -0.2) is 9.59 Å². The van der Waals surface area contributed by atoms with Gasteiger partial charge in [-0.15, -0.1) is 13.2 Å². The molecule has 6 nitrogen and oxygen atoms in total. The molecule has 1 unspecified atom stereocenters. The molecule has 1 aromatic rings. The van der Waals surface area contributed by atoms with E-state index in [0.717, 1.165) is 19.2 Å². The number of halogens is 3. The Hall–Kier alpha value is -2.45. The summed E-state index contributed by atoms with van der Waals surface area (Å²) in [4.78, 5) is 23.6. The lowest BCUT2D eigenvalue weighted by Crippen LogP contribution is -2.38. The molecule has 0 aliphatic heterocycles. The minimum Gasteiger partial charge on any atom is -0.467 e. The third-order valence-corrected chi connectivity index (χ3v) is 2.54.